The summed E-state index contributed by atoms with van der Waals surface area (Å²) in [6.45, 7) is 3.52. The van der Waals surface area contributed by atoms with E-state index in [-0.39, 0.29) is 22.2 Å². The molecule has 0 unspecified atom stereocenters. The molecule has 182 valence electrons. The Balaban J connectivity index is 1.42. The fourth-order valence-corrected chi connectivity index (χ4v) is 4.87. The molecule has 0 aromatic heterocycles. The van der Waals surface area contributed by atoms with Crippen LogP contribution in [0.25, 0.3) is 0 Å². The van der Waals surface area contributed by atoms with Crippen molar-refractivity contribution in [3.05, 3.63) is 93.8 Å². The average molecular weight is 499 g/mol. The van der Waals surface area contributed by atoms with Crippen LogP contribution in [0, 0.1) is 22.9 Å². The largest absolute Gasteiger partial charge is 0.368 e. The van der Waals surface area contributed by atoms with Crippen molar-refractivity contribution in [2.45, 2.75) is 11.8 Å². The summed E-state index contributed by atoms with van der Waals surface area (Å²) in [5.41, 5.74) is 1.72. The van der Waals surface area contributed by atoms with Gasteiger partial charge in [-0.25, -0.2) is 12.8 Å². The lowest BCUT2D eigenvalue weighted by molar-refractivity contribution is -0.384. The normalized spacial score (nSPS) is 14.0. The minimum atomic E-state index is -4.03. The molecule has 1 aliphatic heterocycles. The summed E-state index contributed by atoms with van der Waals surface area (Å²) in [6.07, 6.45) is 0. The molecular formula is C24H23FN4O5S. The second-order valence-electron chi connectivity index (χ2n) is 8.15. The van der Waals surface area contributed by atoms with E-state index in [1.165, 1.54) is 36.4 Å². The zero-order valence-corrected chi connectivity index (χ0v) is 19.7. The topological polar surface area (TPSA) is 113 Å². The van der Waals surface area contributed by atoms with Crippen molar-refractivity contribution in [2.24, 2.45) is 0 Å². The number of anilines is 2. The molecule has 4 rings (SSSR count). The summed E-state index contributed by atoms with van der Waals surface area (Å²) in [6, 6.07) is 16.1. The van der Waals surface area contributed by atoms with E-state index >= 15 is 0 Å². The highest BCUT2D eigenvalue weighted by Gasteiger charge is 2.23. The maximum absolute atomic E-state index is 13.8. The van der Waals surface area contributed by atoms with Gasteiger partial charge in [0.2, 0.25) is 0 Å². The van der Waals surface area contributed by atoms with E-state index in [4.69, 9.17) is 0 Å². The molecule has 0 saturated carbocycles. The zero-order valence-electron chi connectivity index (χ0n) is 18.8. The predicted molar refractivity (Wildman–Crippen MR) is 130 cm³/mol. The molecule has 1 N–H and O–H groups in total. The van der Waals surface area contributed by atoms with Crippen LogP contribution < -0.4 is 9.62 Å². The Hall–Kier alpha value is -3.99. The molecular weight excluding hydrogens is 475 g/mol. The first kappa shape index (κ1) is 24.1. The van der Waals surface area contributed by atoms with E-state index in [9.17, 15) is 27.7 Å². The predicted octanol–water partition coefficient (Wildman–Crippen LogP) is 3.81. The number of piperazine rings is 1. The highest BCUT2D eigenvalue weighted by atomic mass is 32.2. The van der Waals surface area contributed by atoms with Crippen molar-refractivity contribution < 1.29 is 22.5 Å². The molecule has 11 heteroatoms. The molecule has 3 aromatic carbocycles. The number of non-ortho nitro benzene ring substituents is 1. The van der Waals surface area contributed by atoms with Crippen LogP contribution in [0.4, 0.5) is 21.5 Å². The molecule has 0 aliphatic carbocycles. The van der Waals surface area contributed by atoms with Crippen LogP contribution in [0.1, 0.15) is 15.9 Å². The molecule has 1 fully saturated rings. The minimum absolute atomic E-state index is 0.0191. The van der Waals surface area contributed by atoms with E-state index in [2.05, 4.69) is 4.72 Å². The van der Waals surface area contributed by atoms with Crippen molar-refractivity contribution in [3.8, 4) is 0 Å². The van der Waals surface area contributed by atoms with Crippen LogP contribution in [0.2, 0.25) is 0 Å². The van der Waals surface area contributed by atoms with Gasteiger partial charge in [0.25, 0.3) is 21.6 Å². The van der Waals surface area contributed by atoms with Crippen molar-refractivity contribution in [1.29, 1.82) is 0 Å². The zero-order chi connectivity index (χ0) is 25.2. The summed E-state index contributed by atoms with van der Waals surface area (Å²) < 4.78 is 41.6. The van der Waals surface area contributed by atoms with Gasteiger partial charge in [-0.15, -0.1) is 0 Å². The summed E-state index contributed by atoms with van der Waals surface area (Å²) in [4.78, 5) is 26.9. The lowest BCUT2D eigenvalue weighted by Crippen LogP contribution is -2.48. The molecule has 0 radical (unpaired) electrons. The van der Waals surface area contributed by atoms with E-state index in [0.717, 1.165) is 11.8 Å². The number of benzene rings is 3. The van der Waals surface area contributed by atoms with Gasteiger partial charge in [0, 0.05) is 55.2 Å². The van der Waals surface area contributed by atoms with Gasteiger partial charge in [-0.3, -0.25) is 19.6 Å². The van der Waals surface area contributed by atoms with Crippen molar-refractivity contribution in [2.75, 3.05) is 35.8 Å². The summed E-state index contributed by atoms with van der Waals surface area (Å²) >= 11 is 0. The monoisotopic (exact) mass is 498 g/mol. The van der Waals surface area contributed by atoms with Gasteiger partial charge >= 0.3 is 0 Å². The number of rotatable bonds is 6. The van der Waals surface area contributed by atoms with Gasteiger partial charge in [0.15, 0.2) is 0 Å². The molecule has 9 nitrogen and oxygen atoms in total. The third kappa shape index (κ3) is 5.40. The first-order chi connectivity index (χ1) is 16.6. The molecule has 35 heavy (non-hydrogen) atoms. The van der Waals surface area contributed by atoms with Gasteiger partial charge in [-0.05, 0) is 55.0 Å². The van der Waals surface area contributed by atoms with Gasteiger partial charge in [-0.2, -0.15) is 0 Å². The Labute approximate surface area is 202 Å². The van der Waals surface area contributed by atoms with Crippen LogP contribution in [-0.2, 0) is 10.0 Å². The highest BCUT2D eigenvalue weighted by molar-refractivity contribution is 7.92. The quantitative estimate of drug-likeness (QED) is 0.409. The number of nitrogens with zero attached hydrogens (tertiary/aromatic N) is 3. The molecule has 1 aliphatic rings. The Morgan fingerprint density at radius 3 is 2.31 bits per heavy atom. The molecule has 0 spiro atoms. The Bertz CT molecular complexity index is 1370. The Morgan fingerprint density at radius 2 is 1.69 bits per heavy atom. The number of nitrogens with one attached hydrogen (secondary N) is 1. The van der Waals surface area contributed by atoms with E-state index in [1.54, 1.807) is 36.1 Å². The standard InChI is InChI=1S/C24H23FN4O5S/c1-17-5-10-22(16-23(17)25)35(33,34)26-19-4-2-3-18(15-19)24(30)28-13-11-27(12-14-28)20-6-8-21(9-7-20)29(31)32/h2-10,15-16,26H,11-14H2,1H3. The number of hydrogen-bond donors (Lipinski definition) is 1. The summed E-state index contributed by atoms with van der Waals surface area (Å²) in [5.74, 6) is -0.861. The molecule has 1 amide bonds. The van der Waals surface area contributed by atoms with E-state index in [0.29, 0.717) is 37.3 Å². The highest BCUT2D eigenvalue weighted by Crippen LogP contribution is 2.23. The first-order valence-corrected chi connectivity index (χ1v) is 12.3. The fraction of sp³-hybridized carbons (Fsp3) is 0.208. The van der Waals surface area contributed by atoms with Crippen molar-refractivity contribution in [3.63, 3.8) is 0 Å². The number of hydrogen-bond acceptors (Lipinski definition) is 6. The van der Waals surface area contributed by atoms with E-state index < -0.39 is 20.8 Å². The SMILES string of the molecule is Cc1ccc(S(=O)(=O)Nc2cccc(C(=O)N3CCN(c4ccc([N+](=O)[O-])cc4)CC3)c2)cc1F. The summed E-state index contributed by atoms with van der Waals surface area (Å²) in [7, 11) is -4.03. The number of sulfonamides is 1. The number of nitro benzene ring substituents is 1. The average Bonchev–Trinajstić information content (AvgIpc) is 2.85. The minimum Gasteiger partial charge on any atom is -0.368 e. The Morgan fingerprint density at radius 1 is 1.00 bits per heavy atom. The molecule has 0 atom stereocenters. The number of carbonyl (C=O) groups is 1. The second kappa shape index (κ2) is 9.71. The first-order valence-electron chi connectivity index (χ1n) is 10.8. The fourth-order valence-electron chi connectivity index (χ4n) is 3.81. The number of halogens is 1. The lowest BCUT2D eigenvalue weighted by Gasteiger charge is -2.36. The third-order valence-electron chi connectivity index (χ3n) is 5.81. The number of amides is 1. The third-order valence-corrected chi connectivity index (χ3v) is 7.19. The molecule has 1 saturated heterocycles. The Kier molecular flexibility index (Phi) is 6.70. The van der Waals surface area contributed by atoms with Crippen LogP contribution in [-0.4, -0.2) is 50.3 Å². The molecule has 1 heterocycles. The molecule has 0 bridgehead atoms. The number of nitro groups is 1. The van der Waals surface area contributed by atoms with Crippen molar-refractivity contribution >= 4 is 33.0 Å². The smallest absolute Gasteiger partial charge is 0.269 e. The number of aryl methyl sites for hydroxylation is 1. The van der Waals surface area contributed by atoms with Crippen LogP contribution in [0.15, 0.2) is 71.6 Å². The number of carbonyl (C=O) groups excluding carboxylic acids is 1. The van der Waals surface area contributed by atoms with Gasteiger partial charge < -0.3 is 9.80 Å². The van der Waals surface area contributed by atoms with Crippen LogP contribution >= 0.6 is 0 Å². The van der Waals surface area contributed by atoms with E-state index in [1.807, 2.05) is 4.90 Å². The van der Waals surface area contributed by atoms with Gasteiger partial charge in [0.1, 0.15) is 5.82 Å². The van der Waals surface area contributed by atoms with Crippen LogP contribution in [0.3, 0.4) is 0 Å². The lowest BCUT2D eigenvalue weighted by atomic mass is 10.1. The van der Waals surface area contributed by atoms with Crippen molar-refractivity contribution in [1.82, 2.24) is 4.90 Å². The van der Waals surface area contributed by atoms with Gasteiger partial charge in [0.05, 0.1) is 9.82 Å². The van der Waals surface area contributed by atoms with Crippen LogP contribution in [0.5, 0.6) is 0 Å². The summed E-state index contributed by atoms with van der Waals surface area (Å²) in [5, 5.41) is 10.8. The maximum Gasteiger partial charge on any atom is 0.269 e. The molecule has 3 aromatic rings. The maximum atomic E-state index is 13.8. The van der Waals surface area contributed by atoms with Gasteiger partial charge in [-0.1, -0.05) is 12.1 Å². The second-order valence-corrected chi connectivity index (χ2v) is 9.83.